The minimum absolute atomic E-state index is 0.232. The van der Waals surface area contributed by atoms with E-state index in [-0.39, 0.29) is 5.69 Å². The minimum Gasteiger partial charge on any atom is -0.364 e. The zero-order valence-electron chi connectivity index (χ0n) is 11.1. The fourth-order valence-electron chi connectivity index (χ4n) is 2.37. The van der Waals surface area contributed by atoms with Gasteiger partial charge in [-0.25, -0.2) is 9.97 Å². The fourth-order valence-corrected chi connectivity index (χ4v) is 2.37. The number of primary amides is 1. The average molecular weight is 254 g/mol. The summed E-state index contributed by atoms with van der Waals surface area (Å²) < 4.78 is 1.96. The van der Waals surface area contributed by atoms with Crippen molar-refractivity contribution in [1.29, 1.82) is 0 Å². The van der Waals surface area contributed by atoms with Gasteiger partial charge in [-0.2, -0.15) is 0 Å². The van der Waals surface area contributed by atoms with E-state index in [1.807, 2.05) is 37.6 Å². The number of carbonyl (C=O) groups excluding carboxylic acids is 1. The van der Waals surface area contributed by atoms with Crippen LogP contribution in [0.2, 0.25) is 0 Å². The second kappa shape index (κ2) is 3.78. The monoisotopic (exact) mass is 254 g/mol. The van der Waals surface area contributed by atoms with Gasteiger partial charge in [0.15, 0.2) is 5.69 Å². The number of nitrogens with two attached hydrogens (primary N) is 1. The molecule has 0 atom stereocenters. The van der Waals surface area contributed by atoms with Crippen molar-refractivity contribution in [3.63, 3.8) is 0 Å². The van der Waals surface area contributed by atoms with Crippen LogP contribution in [0.3, 0.4) is 0 Å². The third-order valence-corrected chi connectivity index (χ3v) is 3.42. The first-order chi connectivity index (χ1) is 8.99. The van der Waals surface area contributed by atoms with Gasteiger partial charge in [0.25, 0.3) is 5.91 Å². The van der Waals surface area contributed by atoms with E-state index >= 15 is 0 Å². The van der Waals surface area contributed by atoms with Gasteiger partial charge in [0.2, 0.25) is 0 Å². The van der Waals surface area contributed by atoms with E-state index in [1.165, 1.54) is 0 Å². The normalized spacial score (nSPS) is 11.3. The number of rotatable bonds is 1. The number of aryl methyl sites for hydroxylation is 3. The summed E-state index contributed by atoms with van der Waals surface area (Å²) in [6.45, 7) is 3.92. The highest BCUT2D eigenvalue weighted by molar-refractivity contribution is 6.11. The van der Waals surface area contributed by atoms with Gasteiger partial charge in [0, 0.05) is 12.4 Å². The molecule has 0 unspecified atom stereocenters. The first-order valence-electron chi connectivity index (χ1n) is 6.02. The number of carbonyl (C=O) groups is 1. The molecule has 5 heteroatoms. The Bertz CT molecular complexity index is 832. The van der Waals surface area contributed by atoms with Gasteiger partial charge < -0.3 is 10.3 Å². The van der Waals surface area contributed by atoms with Crippen LogP contribution in [0.4, 0.5) is 0 Å². The Balaban J connectivity index is 2.62. The van der Waals surface area contributed by atoms with Crippen LogP contribution < -0.4 is 5.73 Å². The summed E-state index contributed by atoms with van der Waals surface area (Å²) in [7, 11) is 1.93. The lowest BCUT2D eigenvalue weighted by Gasteiger charge is -2.05. The summed E-state index contributed by atoms with van der Waals surface area (Å²) in [5.74, 6) is 0.277. The molecule has 1 aromatic carbocycles. The zero-order chi connectivity index (χ0) is 13.7. The molecule has 0 spiro atoms. The quantitative estimate of drug-likeness (QED) is 0.720. The molecule has 2 N–H and O–H groups in total. The molecule has 1 amide bonds. The maximum Gasteiger partial charge on any atom is 0.269 e. The highest BCUT2D eigenvalue weighted by atomic mass is 16.1. The third-order valence-electron chi connectivity index (χ3n) is 3.42. The van der Waals surface area contributed by atoms with Crippen molar-refractivity contribution >= 4 is 27.8 Å². The van der Waals surface area contributed by atoms with Crippen LogP contribution in [0.5, 0.6) is 0 Å². The van der Waals surface area contributed by atoms with Crippen LogP contribution >= 0.6 is 0 Å². The molecule has 0 aliphatic rings. The average Bonchev–Trinajstić information content (AvgIpc) is 2.65. The Morgan fingerprint density at radius 1 is 1.26 bits per heavy atom. The topological polar surface area (TPSA) is 73.8 Å². The van der Waals surface area contributed by atoms with E-state index in [2.05, 4.69) is 16.0 Å². The summed E-state index contributed by atoms with van der Waals surface area (Å²) in [6, 6.07) is 5.92. The van der Waals surface area contributed by atoms with E-state index in [1.54, 1.807) is 0 Å². The van der Waals surface area contributed by atoms with E-state index in [4.69, 9.17) is 5.73 Å². The second-order valence-corrected chi connectivity index (χ2v) is 4.76. The molecule has 2 aromatic heterocycles. The highest BCUT2D eigenvalue weighted by Crippen LogP contribution is 2.27. The SMILES string of the molecule is Cc1ccc2nc(C(N)=O)c3nc(C)n(C)c3c2c1. The second-order valence-electron chi connectivity index (χ2n) is 4.76. The Hall–Kier alpha value is -2.43. The predicted molar refractivity (Wildman–Crippen MR) is 74.0 cm³/mol. The molecule has 3 aromatic rings. The molecule has 96 valence electrons. The molecule has 2 heterocycles. The molecule has 19 heavy (non-hydrogen) atoms. The Morgan fingerprint density at radius 2 is 2.00 bits per heavy atom. The Morgan fingerprint density at radius 3 is 2.68 bits per heavy atom. The van der Waals surface area contributed by atoms with Crippen LogP contribution in [-0.2, 0) is 7.05 Å². The van der Waals surface area contributed by atoms with Crippen LogP contribution in [0.1, 0.15) is 21.9 Å². The molecule has 0 aliphatic carbocycles. The number of fused-ring (bicyclic) bond motifs is 3. The van der Waals surface area contributed by atoms with Crippen molar-refractivity contribution in [2.75, 3.05) is 0 Å². The number of benzene rings is 1. The molecule has 0 saturated heterocycles. The number of imidazole rings is 1. The predicted octanol–water partition coefficient (Wildman–Crippen LogP) is 1.84. The van der Waals surface area contributed by atoms with E-state index in [0.717, 1.165) is 27.8 Å². The lowest BCUT2D eigenvalue weighted by molar-refractivity contribution is 0.0997. The first-order valence-corrected chi connectivity index (χ1v) is 6.02. The maximum absolute atomic E-state index is 11.6. The summed E-state index contributed by atoms with van der Waals surface area (Å²) in [6.07, 6.45) is 0. The number of hydrogen-bond acceptors (Lipinski definition) is 3. The molecule has 3 rings (SSSR count). The molecule has 0 fully saturated rings. The lowest BCUT2D eigenvalue weighted by Crippen LogP contribution is -2.14. The van der Waals surface area contributed by atoms with Gasteiger partial charge in [-0.15, -0.1) is 0 Å². The molecule has 0 saturated carbocycles. The van der Waals surface area contributed by atoms with Gasteiger partial charge in [-0.05, 0) is 26.0 Å². The molecule has 5 nitrogen and oxygen atoms in total. The lowest BCUT2D eigenvalue weighted by atomic mass is 10.1. The van der Waals surface area contributed by atoms with Crippen molar-refractivity contribution in [3.8, 4) is 0 Å². The van der Waals surface area contributed by atoms with Gasteiger partial charge in [0.05, 0.1) is 11.0 Å². The number of pyridine rings is 1. The van der Waals surface area contributed by atoms with Crippen LogP contribution in [0.25, 0.3) is 21.9 Å². The Kier molecular flexibility index (Phi) is 2.32. The summed E-state index contributed by atoms with van der Waals surface area (Å²) in [5, 5.41) is 0.989. The third kappa shape index (κ3) is 1.58. The molecule has 0 bridgehead atoms. The van der Waals surface area contributed by atoms with Gasteiger partial charge in [-0.1, -0.05) is 11.6 Å². The van der Waals surface area contributed by atoms with Crippen LogP contribution in [0, 0.1) is 13.8 Å². The number of nitrogens with zero attached hydrogens (tertiary/aromatic N) is 3. The molecular formula is C14H14N4O. The molecule has 0 radical (unpaired) electrons. The van der Waals surface area contributed by atoms with Gasteiger partial charge in [-0.3, -0.25) is 4.79 Å². The summed E-state index contributed by atoms with van der Waals surface area (Å²) in [5.41, 5.74) is 9.02. The van der Waals surface area contributed by atoms with Crippen LogP contribution in [-0.4, -0.2) is 20.4 Å². The summed E-state index contributed by atoms with van der Waals surface area (Å²) in [4.78, 5) is 20.3. The van der Waals surface area contributed by atoms with E-state index in [0.29, 0.717) is 5.52 Å². The zero-order valence-corrected chi connectivity index (χ0v) is 11.1. The highest BCUT2D eigenvalue weighted by Gasteiger charge is 2.17. The summed E-state index contributed by atoms with van der Waals surface area (Å²) >= 11 is 0. The maximum atomic E-state index is 11.6. The van der Waals surface area contributed by atoms with Crippen molar-refractivity contribution in [3.05, 3.63) is 35.3 Å². The smallest absolute Gasteiger partial charge is 0.269 e. The minimum atomic E-state index is -0.550. The van der Waals surface area contributed by atoms with Crippen molar-refractivity contribution in [2.24, 2.45) is 12.8 Å². The van der Waals surface area contributed by atoms with Crippen LogP contribution in [0.15, 0.2) is 18.2 Å². The fraction of sp³-hybridized carbons (Fsp3) is 0.214. The number of hydrogen-bond donors (Lipinski definition) is 1. The molecule has 0 aliphatic heterocycles. The Labute approximate surface area is 110 Å². The van der Waals surface area contributed by atoms with Crippen molar-refractivity contribution in [1.82, 2.24) is 14.5 Å². The number of aromatic nitrogens is 3. The van der Waals surface area contributed by atoms with Crippen molar-refractivity contribution < 1.29 is 4.79 Å². The van der Waals surface area contributed by atoms with Gasteiger partial charge in [0.1, 0.15) is 11.3 Å². The van der Waals surface area contributed by atoms with Gasteiger partial charge >= 0.3 is 0 Å². The van der Waals surface area contributed by atoms with Crippen molar-refractivity contribution in [2.45, 2.75) is 13.8 Å². The molecular weight excluding hydrogens is 240 g/mol. The first kappa shape index (κ1) is 11.6. The standard InChI is InChI=1S/C14H14N4O/c1-7-4-5-10-9(6-7)13-11(12(17-10)14(15)19)16-8(2)18(13)3/h4-6H,1-3H3,(H2,15,19). The largest absolute Gasteiger partial charge is 0.364 e. The van der Waals surface area contributed by atoms with E-state index < -0.39 is 5.91 Å². The van der Waals surface area contributed by atoms with E-state index in [9.17, 15) is 4.79 Å². The number of amides is 1.